The van der Waals surface area contributed by atoms with Crippen LogP contribution in [0.5, 0.6) is 0 Å². The summed E-state index contributed by atoms with van der Waals surface area (Å²) in [5.41, 5.74) is 1.25. The Morgan fingerprint density at radius 2 is 1.91 bits per heavy atom. The number of hydrogen-bond donors (Lipinski definition) is 2. The van der Waals surface area contributed by atoms with Gasteiger partial charge in [0.25, 0.3) is 5.91 Å². The predicted octanol–water partition coefficient (Wildman–Crippen LogP) is 3.85. The van der Waals surface area contributed by atoms with Crippen molar-refractivity contribution in [3.05, 3.63) is 47.5 Å². The molecule has 1 amide bonds. The highest BCUT2D eigenvalue weighted by Gasteiger charge is 2.30. The Kier molecular flexibility index (Phi) is 5.46. The van der Waals surface area contributed by atoms with Crippen molar-refractivity contribution < 1.29 is 27.5 Å². The Morgan fingerprint density at radius 1 is 1.12 bits per heavy atom. The number of alkyl halides is 3. The molecule has 0 saturated heterocycles. The number of esters is 1. The largest absolute Gasteiger partial charge is 0.468 e. The number of fused-ring (bicyclic) bond motifs is 2. The van der Waals surface area contributed by atoms with Gasteiger partial charge in [0.1, 0.15) is 6.54 Å². The minimum absolute atomic E-state index is 0.254. The highest BCUT2D eigenvalue weighted by molar-refractivity contribution is 7.22. The van der Waals surface area contributed by atoms with Gasteiger partial charge >= 0.3 is 12.1 Å². The first kappa shape index (κ1) is 21.6. The number of carbonyl (C=O) groups is 2. The fourth-order valence-electron chi connectivity index (χ4n) is 3.03. The van der Waals surface area contributed by atoms with E-state index in [4.69, 9.17) is 0 Å². The highest BCUT2D eigenvalue weighted by Crippen LogP contribution is 2.35. The molecule has 0 atom stereocenters. The molecular formula is C20H16F3N5O3S. The number of thiazole rings is 1. The van der Waals surface area contributed by atoms with E-state index in [1.807, 2.05) is 0 Å². The molecule has 2 N–H and O–H groups in total. The van der Waals surface area contributed by atoms with Crippen LogP contribution in [0.25, 0.3) is 21.3 Å². The van der Waals surface area contributed by atoms with Crippen molar-refractivity contribution in [2.75, 3.05) is 19.0 Å². The molecule has 8 nitrogen and oxygen atoms in total. The van der Waals surface area contributed by atoms with Crippen molar-refractivity contribution in [2.24, 2.45) is 7.05 Å². The number of aromatic nitrogens is 3. The van der Waals surface area contributed by atoms with Crippen molar-refractivity contribution in [1.82, 2.24) is 19.9 Å². The third-order valence-electron chi connectivity index (χ3n) is 4.70. The fourth-order valence-corrected chi connectivity index (χ4v) is 3.93. The molecule has 0 saturated carbocycles. The van der Waals surface area contributed by atoms with Gasteiger partial charge in [-0.05, 0) is 36.4 Å². The van der Waals surface area contributed by atoms with Crippen LogP contribution in [0.4, 0.5) is 24.3 Å². The lowest BCUT2D eigenvalue weighted by atomic mass is 10.2. The second kappa shape index (κ2) is 8.11. The average Bonchev–Trinajstić information content (AvgIpc) is 3.30. The number of imidazole rings is 1. The summed E-state index contributed by atoms with van der Waals surface area (Å²) in [4.78, 5) is 32.2. The fraction of sp³-hybridized carbons (Fsp3) is 0.200. The summed E-state index contributed by atoms with van der Waals surface area (Å²) in [5.74, 6) is -0.617. The van der Waals surface area contributed by atoms with Crippen LogP contribution in [0.3, 0.4) is 0 Å². The van der Waals surface area contributed by atoms with Crippen molar-refractivity contribution in [2.45, 2.75) is 6.18 Å². The molecule has 0 unspecified atom stereocenters. The number of methoxy groups -OCH3 is 1. The molecule has 4 aromatic rings. The zero-order valence-corrected chi connectivity index (χ0v) is 17.6. The Bertz CT molecular complexity index is 1350. The topological polar surface area (TPSA) is 98.1 Å². The lowest BCUT2D eigenvalue weighted by molar-refractivity contribution is -0.139. The standard InChI is InChI=1S/C20H16F3N5O3S/c1-28-14-6-3-10(17(30)24-9-16(29)31-2)7-13(14)25-18(28)27-19-26-12-5-4-11(20(21,22)23)8-15(12)32-19/h3-8H,9H2,1-2H3,(H,24,30)(H,25,26,27). The van der Waals surface area contributed by atoms with Gasteiger partial charge in [0.2, 0.25) is 5.95 Å². The Labute approximate surface area is 183 Å². The van der Waals surface area contributed by atoms with E-state index in [0.717, 1.165) is 29.0 Å². The van der Waals surface area contributed by atoms with Crippen molar-refractivity contribution >= 4 is 55.5 Å². The maximum atomic E-state index is 12.9. The van der Waals surface area contributed by atoms with Crippen LogP contribution >= 0.6 is 11.3 Å². The number of halogens is 3. The van der Waals surface area contributed by atoms with Gasteiger partial charge in [-0.25, -0.2) is 9.97 Å². The monoisotopic (exact) mass is 463 g/mol. The summed E-state index contributed by atoms with van der Waals surface area (Å²) in [7, 11) is 2.98. The maximum Gasteiger partial charge on any atom is 0.416 e. The van der Waals surface area contributed by atoms with Crippen LogP contribution in [-0.4, -0.2) is 40.1 Å². The summed E-state index contributed by atoms with van der Waals surface area (Å²) < 4.78 is 45.4. The molecule has 0 aliphatic heterocycles. The van der Waals surface area contributed by atoms with Gasteiger partial charge in [-0.15, -0.1) is 0 Å². The number of rotatable bonds is 5. The molecule has 2 aromatic carbocycles. The number of nitrogens with zero attached hydrogens (tertiary/aromatic N) is 3. The number of amides is 1. The van der Waals surface area contributed by atoms with E-state index in [1.165, 1.54) is 13.2 Å². The van der Waals surface area contributed by atoms with Gasteiger partial charge < -0.3 is 19.9 Å². The minimum Gasteiger partial charge on any atom is -0.468 e. The summed E-state index contributed by atoms with van der Waals surface area (Å²) in [6, 6.07) is 8.25. The zero-order chi connectivity index (χ0) is 23.0. The summed E-state index contributed by atoms with van der Waals surface area (Å²) in [6.07, 6.45) is -4.43. The van der Waals surface area contributed by atoms with Gasteiger partial charge in [0, 0.05) is 12.6 Å². The molecule has 0 bridgehead atoms. The number of aryl methyl sites for hydroxylation is 1. The van der Waals surface area contributed by atoms with E-state index in [9.17, 15) is 22.8 Å². The molecule has 2 heterocycles. The number of carbonyl (C=O) groups excluding carboxylic acids is 2. The van der Waals surface area contributed by atoms with Crippen LogP contribution in [0, 0.1) is 0 Å². The second-order valence-corrected chi connectivity index (χ2v) is 7.81. The van der Waals surface area contributed by atoms with Crippen LogP contribution in [0.15, 0.2) is 36.4 Å². The molecule has 0 radical (unpaired) electrons. The van der Waals surface area contributed by atoms with E-state index in [1.54, 1.807) is 29.8 Å². The zero-order valence-electron chi connectivity index (χ0n) is 16.8. The van der Waals surface area contributed by atoms with E-state index < -0.39 is 23.6 Å². The number of anilines is 2. The third-order valence-corrected chi connectivity index (χ3v) is 5.63. The maximum absolute atomic E-state index is 12.9. The number of nitrogens with one attached hydrogen (secondary N) is 2. The summed E-state index contributed by atoms with van der Waals surface area (Å²) >= 11 is 1.08. The molecule has 0 spiro atoms. The lowest BCUT2D eigenvalue weighted by Crippen LogP contribution is -2.30. The minimum atomic E-state index is -4.43. The molecule has 4 rings (SSSR count). The van der Waals surface area contributed by atoms with E-state index in [2.05, 4.69) is 25.3 Å². The van der Waals surface area contributed by atoms with Crippen molar-refractivity contribution in [1.29, 1.82) is 0 Å². The van der Waals surface area contributed by atoms with Gasteiger partial charge in [-0.2, -0.15) is 13.2 Å². The molecule has 32 heavy (non-hydrogen) atoms. The Balaban J connectivity index is 1.59. The molecule has 0 fully saturated rings. The highest BCUT2D eigenvalue weighted by atomic mass is 32.1. The molecule has 2 aromatic heterocycles. The number of benzene rings is 2. The third kappa shape index (κ3) is 4.21. The Morgan fingerprint density at radius 3 is 2.62 bits per heavy atom. The van der Waals surface area contributed by atoms with E-state index in [0.29, 0.717) is 32.4 Å². The van der Waals surface area contributed by atoms with Gasteiger partial charge in [0.05, 0.1) is 33.9 Å². The smallest absolute Gasteiger partial charge is 0.416 e. The van der Waals surface area contributed by atoms with Gasteiger partial charge in [-0.1, -0.05) is 11.3 Å². The Hall–Kier alpha value is -3.67. The van der Waals surface area contributed by atoms with Crippen LogP contribution in [0.2, 0.25) is 0 Å². The van der Waals surface area contributed by atoms with E-state index >= 15 is 0 Å². The first-order valence-electron chi connectivity index (χ1n) is 9.22. The van der Waals surface area contributed by atoms with E-state index in [-0.39, 0.29) is 6.54 Å². The second-order valence-electron chi connectivity index (χ2n) is 6.78. The molecule has 0 aliphatic rings. The summed E-state index contributed by atoms with van der Waals surface area (Å²) in [5, 5.41) is 5.86. The average molecular weight is 463 g/mol. The number of hydrogen-bond acceptors (Lipinski definition) is 7. The van der Waals surface area contributed by atoms with Crippen LogP contribution in [0.1, 0.15) is 15.9 Å². The SMILES string of the molecule is COC(=O)CNC(=O)c1ccc2c(c1)nc(Nc1nc3ccc(C(F)(F)F)cc3s1)n2C. The summed E-state index contributed by atoms with van der Waals surface area (Å²) in [6.45, 7) is -0.254. The van der Waals surface area contributed by atoms with Crippen molar-refractivity contribution in [3.8, 4) is 0 Å². The van der Waals surface area contributed by atoms with Gasteiger partial charge in [-0.3, -0.25) is 9.59 Å². The first-order valence-corrected chi connectivity index (χ1v) is 10.0. The van der Waals surface area contributed by atoms with Crippen LogP contribution in [-0.2, 0) is 22.8 Å². The first-order chi connectivity index (χ1) is 15.2. The van der Waals surface area contributed by atoms with Crippen LogP contribution < -0.4 is 10.6 Å². The quantitative estimate of drug-likeness (QED) is 0.437. The molecule has 166 valence electrons. The predicted molar refractivity (Wildman–Crippen MR) is 113 cm³/mol. The van der Waals surface area contributed by atoms with Gasteiger partial charge in [0.15, 0.2) is 5.13 Å². The number of ether oxygens (including phenoxy) is 1. The lowest BCUT2D eigenvalue weighted by Gasteiger charge is -2.04. The normalized spacial score (nSPS) is 11.7. The van der Waals surface area contributed by atoms with Crippen molar-refractivity contribution in [3.63, 3.8) is 0 Å². The molecular weight excluding hydrogens is 447 g/mol. The molecule has 0 aliphatic carbocycles. The molecule has 12 heteroatoms.